The third-order valence-corrected chi connectivity index (χ3v) is 2.25. The Hall–Kier alpha value is -0.0800. The van der Waals surface area contributed by atoms with Crippen LogP contribution in [0.5, 0.6) is 0 Å². The molecule has 1 aliphatic heterocycles. The molecule has 78 valence electrons. The molecular weight excluding hydrogens is 162 g/mol. The van der Waals surface area contributed by atoms with Gasteiger partial charge in [-0.15, -0.1) is 0 Å². The maximum absolute atomic E-state index is 5.99. The SMILES string of the molecule is CC(C)(C)CC1CNCC(C)(C)O1. The predicted octanol–water partition coefficient (Wildman–Crippen LogP) is 2.19. The van der Waals surface area contributed by atoms with Crippen molar-refractivity contribution in [1.82, 2.24) is 5.32 Å². The van der Waals surface area contributed by atoms with Crippen LogP contribution in [-0.2, 0) is 4.74 Å². The maximum atomic E-state index is 5.99. The van der Waals surface area contributed by atoms with Gasteiger partial charge in [-0.2, -0.15) is 0 Å². The lowest BCUT2D eigenvalue weighted by Crippen LogP contribution is -2.51. The maximum Gasteiger partial charge on any atom is 0.0754 e. The van der Waals surface area contributed by atoms with Gasteiger partial charge in [-0.05, 0) is 25.7 Å². The van der Waals surface area contributed by atoms with E-state index in [4.69, 9.17) is 4.74 Å². The third kappa shape index (κ3) is 4.10. The van der Waals surface area contributed by atoms with E-state index >= 15 is 0 Å². The summed E-state index contributed by atoms with van der Waals surface area (Å²) in [6, 6.07) is 0. The molecule has 2 heteroatoms. The highest BCUT2D eigenvalue weighted by Gasteiger charge is 2.30. The van der Waals surface area contributed by atoms with Crippen molar-refractivity contribution < 1.29 is 4.74 Å². The summed E-state index contributed by atoms with van der Waals surface area (Å²) in [6.07, 6.45) is 1.51. The number of morpholine rings is 1. The molecule has 0 aromatic carbocycles. The minimum absolute atomic E-state index is 0.00810. The fraction of sp³-hybridized carbons (Fsp3) is 1.00. The molecule has 1 N–H and O–H groups in total. The Labute approximate surface area is 82.0 Å². The second kappa shape index (κ2) is 3.58. The summed E-state index contributed by atoms with van der Waals surface area (Å²) in [4.78, 5) is 0. The molecular formula is C11H23NO. The van der Waals surface area contributed by atoms with Crippen LogP contribution in [0, 0.1) is 5.41 Å². The van der Waals surface area contributed by atoms with Gasteiger partial charge in [-0.3, -0.25) is 0 Å². The van der Waals surface area contributed by atoms with Crippen molar-refractivity contribution in [2.24, 2.45) is 5.41 Å². The number of hydrogen-bond acceptors (Lipinski definition) is 2. The van der Waals surface area contributed by atoms with Gasteiger partial charge >= 0.3 is 0 Å². The zero-order valence-corrected chi connectivity index (χ0v) is 9.61. The first-order chi connectivity index (χ1) is 5.79. The van der Waals surface area contributed by atoms with Crippen LogP contribution in [0.3, 0.4) is 0 Å². The standard InChI is InChI=1S/C11H23NO/c1-10(2,3)6-9-7-12-8-11(4,5)13-9/h9,12H,6-8H2,1-5H3. The van der Waals surface area contributed by atoms with Gasteiger partial charge in [0.05, 0.1) is 11.7 Å². The Bertz CT molecular complexity index is 167. The largest absolute Gasteiger partial charge is 0.370 e. The van der Waals surface area contributed by atoms with Gasteiger partial charge in [-0.25, -0.2) is 0 Å². The normalized spacial score (nSPS) is 28.8. The van der Waals surface area contributed by atoms with Gasteiger partial charge in [0.15, 0.2) is 0 Å². The Morgan fingerprint density at radius 1 is 1.38 bits per heavy atom. The van der Waals surface area contributed by atoms with Crippen LogP contribution < -0.4 is 5.32 Å². The first-order valence-corrected chi connectivity index (χ1v) is 5.17. The third-order valence-electron chi connectivity index (χ3n) is 2.25. The van der Waals surface area contributed by atoms with Gasteiger partial charge in [0, 0.05) is 13.1 Å². The van der Waals surface area contributed by atoms with E-state index in [2.05, 4.69) is 39.9 Å². The summed E-state index contributed by atoms with van der Waals surface area (Å²) in [5.41, 5.74) is 0.369. The monoisotopic (exact) mass is 185 g/mol. The topological polar surface area (TPSA) is 21.3 Å². The van der Waals surface area contributed by atoms with E-state index < -0.39 is 0 Å². The van der Waals surface area contributed by atoms with Crippen LogP contribution in [0.1, 0.15) is 41.0 Å². The van der Waals surface area contributed by atoms with E-state index in [-0.39, 0.29) is 5.60 Å². The molecule has 0 spiro atoms. The fourth-order valence-electron chi connectivity index (χ4n) is 1.87. The van der Waals surface area contributed by atoms with Crippen LogP contribution in [-0.4, -0.2) is 24.8 Å². The lowest BCUT2D eigenvalue weighted by molar-refractivity contribution is -0.105. The lowest BCUT2D eigenvalue weighted by Gasteiger charge is -2.39. The van der Waals surface area contributed by atoms with Crippen molar-refractivity contribution >= 4 is 0 Å². The van der Waals surface area contributed by atoms with E-state index in [0.717, 1.165) is 19.5 Å². The molecule has 1 saturated heterocycles. The summed E-state index contributed by atoms with van der Waals surface area (Å²) < 4.78 is 5.99. The number of ether oxygens (including phenoxy) is 1. The molecule has 0 amide bonds. The molecule has 0 aliphatic carbocycles. The van der Waals surface area contributed by atoms with Crippen LogP contribution in [0.15, 0.2) is 0 Å². The molecule has 1 rings (SSSR count). The summed E-state index contributed by atoms with van der Waals surface area (Å²) in [6.45, 7) is 13.0. The number of rotatable bonds is 1. The van der Waals surface area contributed by atoms with Crippen molar-refractivity contribution in [1.29, 1.82) is 0 Å². The molecule has 0 radical (unpaired) electrons. The summed E-state index contributed by atoms with van der Waals surface area (Å²) >= 11 is 0. The highest BCUT2D eigenvalue weighted by atomic mass is 16.5. The van der Waals surface area contributed by atoms with Crippen LogP contribution in [0.25, 0.3) is 0 Å². The highest BCUT2D eigenvalue weighted by Crippen LogP contribution is 2.26. The van der Waals surface area contributed by atoms with Crippen molar-refractivity contribution in [2.75, 3.05) is 13.1 Å². The van der Waals surface area contributed by atoms with E-state index in [1.807, 2.05) is 0 Å². The number of nitrogens with one attached hydrogen (secondary N) is 1. The Balaban J connectivity index is 2.44. The molecule has 1 unspecified atom stereocenters. The van der Waals surface area contributed by atoms with Crippen molar-refractivity contribution in [3.63, 3.8) is 0 Å². The summed E-state index contributed by atoms with van der Waals surface area (Å²) in [7, 11) is 0. The average molecular weight is 185 g/mol. The molecule has 1 atom stereocenters. The lowest BCUT2D eigenvalue weighted by atomic mass is 9.88. The van der Waals surface area contributed by atoms with Crippen LogP contribution in [0.4, 0.5) is 0 Å². The fourth-order valence-corrected chi connectivity index (χ4v) is 1.87. The van der Waals surface area contributed by atoms with E-state index in [1.54, 1.807) is 0 Å². The predicted molar refractivity (Wildman–Crippen MR) is 55.9 cm³/mol. The minimum atomic E-state index is 0.00810. The molecule has 0 bridgehead atoms. The minimum Gasteiger partial charge on any atom is -0.370 e. The van der Waals surface area contributed by atoms with Crippen molar-refractivity contribution in [3.8, 4) is 0 Å². The van der Waals surface area contributed by atoms with Gasteiger partial charge in [0.1, 0.15) is 0 Å². The van der Waals surface area contributed by atoms with E-state index in [1.165, 1.54) is 0 Å². The van der Waals surface area contributed by atoms with Gasteiger partial charge in [-0.1, -0.05) is 20.8 Å². The first-order valence-electron chi connectivity index (χ1n) is 5.17. The Morgan fingerprint density at radius 2 is 2.00 bits per heavy atom. The van der Waals surface area contributed by atoms with Gasteiger partial charge in [0.25, 0.3) is 0 Å². The van der Waals surface area contributed by atoms with Crippen molar-refractivity contribution in [2.45, 2.75) is 52.7 Å². The average Bonchev–Trinajstić information content (AvgIpc) is 1.79. The van der Waals surface area contributed by atoms with Gasteiger partial charge < -0.3 is 10.1 Å². The molecule has 1 fully saturated rings. The van der Waals surface area contributed by atoms with Crippen molar-refractivity contribution in [3.05, 3.63) is 0 Å². The molecule has 13 heavy (non-hydrogen) atoms. The van der Waals surface area contributed by atoms with Crippen LogP contribution in [0.2, 0.25) is 0 Å². The Kier molecular flexibility index (Phi) is 3.03. The second-order valence-corrected chi connectivity index (χ2v) is 5.90. The molecule has 0 aromatic heterocycles. The first kappa shape index (κ1) is 11.0. The molecule has 1 heterocycles. The molecule has 0 aromatic rings. The van der Waals surface area contributed by atoms with Gasteiger partial charge in [0.2, 0.25) is 0 Å². The Morgan fingerprint density at radius 3 is 2.46 bits per heavy atom. The quantitative estimate of drug-likeness (QED) is 0.676. The zero-order chi connectivity index (χ0) is 10.1. The number of hydrogen-bond donors (Lipinski definition) is 1. The van der Waals surface area contributed by atoms with Crippen LogP contribution >= 0.6 is 0 Å². The zero-order valence-electron chi connectivity index (χ0n) is 9.61. The molecule has 0 saturated carbocycles. The van der Waals surface area contributed by atoms with E-state index in [0.29, 0.717) is 11.5 Å². The highest BCUT2D eigenvalue weighted by molar-refractivity contribution is 4.83. The summed E-state index contributed by atoms with van der Waals surface area (Å²) in [5, 5.41) is 3.42. The second-order valence-electron chi connectivity index (χ2n) is 5.90. The smallest absolute Gasteiger partial charge is 0.0754 e. The molecule has 1 aliphatic rings. The molecule has 2 nitrogen and oxygen atoms in total. The summed E-state index contributed by atoms with van der Waals surface area (Å²) in [5.74, 6) is 0. The van der Waals surface area contributed by atoms with E-state index in [9.17, 15) is 0 Å².